The van der Waals surface area contributed by atoms with Crippen molar-refractivity contribution in [3.8, 4) is 0 Å². The van der Waals surface area contributed by atoms with Crippen molar-refractivity contribution in [2.45, 2.75) is 62.1 Å². The largest absolute Gasteiger partial charge is 0.381 e. The highest BCUT2D eigenvalue weighted by Crippen LogP contribution is 2.52. The molecule has 94 valence electrons. The first-order valence-electron chi connectivity index (χ1n) is 6.18. The van der Waals surface area contributed by atoms with Crippen molar-refractivity contribution >= 4 is 9.84 Å². The van der Waals surface area contributed by atoms with Gasteiger partial charge in [0.1, 0.15) is 0 Å². The molecule has 16 heavy (non-hydrogen) atoms. The molecule has 2 atom stereocenters. The van der Waals surface area contributed by atoms with Crippen LogP contribution in [0.1, 0.15) is 46.0 Å². The number of hydrogen-bond acceptors (Lipinski definition) is 3. The lowest BCUT2D eigenvalue weighted by atomic mass is 9.97. The Morgan fingerprint density at radius 2 is 1.69 bits per heavy atom. The van der Waals surface area contributed by atoms with Crippen molar-refractivity contribution < 1.29 is 13.2 Å². The van der Waals surface area contributed by atoms with E-state index in [1.807, 2.05) is 13.8 Å². The number of ether oxygens (including phenoxy) is 1. The molecule has 2 aliphatic carbocycles. The van der Waals surface area contributed by atoms with E-state index in [-0.39, 0.29) is 11.4 Å². The third-order valence-corrected chi connectivity index (χ3v) is 7.86. The predicted octanol–water partition coefficient (Wildman–Crippen LogP) is 2.16. The lowest BCUT2D eigenvalue weighted by Crippen LogP contribution is -2.37. The molecule has 0 aromatic carbocycles. The molecule has 0 aromatic heterocycles. The van der Waals surface area contributed by atoms with Gasteiger partial charge >= 0.3 is 0 Å². The molecule has 1 unspecified atom stereocenters. The van der Waals surface area contributed by atoms with Crippen LogP contribution >= 0.6 is 0 Å². The summed E-state index contributed by atoms with van der Waals surface area (Å²) in [6.45, 7) is 3.95. The van der Waals surface area contributed by atoms with Crippen LogP contribution in [0.15, 0.2) is 0 Å². The van der Waals surface area contributed by atoms with Gasteiger partial charge in [-0.15, -0.1) is 0 Å². The molecule has 2 rings (SSSR count). The van der Waals surface area contributed by atoms with E-state index in [4.69, 9.17) is 4.74 Å². The summed E-state index contributed by atoms with van der Waals surface area (Å²) in [5.74, 6) is 0.345. The zero-order chi connectivity index (χ0) is 12.0. The maximum Gasteiger partial charge on any atom is 0.158 e. The Labute approximate surface area is 98.5 Å². The Hall–Kier alpha value is -0.0900. The van der Waals surface area contributed by atoms with Gasteiger partial charge in [-0.2, -0.15) is 0 Å². The first-order chi connectivity index (χ1) is 7.41. The summed E-state index contributed by atoms with van der Waals surface area (Å²) in [5, 5.41) is -0.117. The molecular weight excluding hydrogens is 224 g/mol. The van der Waals surface area contributed by atoms with Gasteiger partial charge in [-0.05, 0) is 44.9 Å². The van der Waals surface area contributed by atoms with Crippen LogP contribution in [0.5, 0.6) is 0 Å². The zero-order valence-corrected chi connectivity index (χ0v) is 11.2. The predicted molar refractivity (Wildman–Crippen MR) is 64.2 cm³/mol. The standard InChI is InChI=1S/C12H22O3S/c1-9-8-12(9,2)16(13,14)11-6-4-10(15-3)5-7-11/h9-11H,4-8H2,1-3H3/t9-,10?,11?,12?/m0/s1. The lowest BCUT2D eigenvalue weighted by Gasteiger charge is -2.29. The van der Waals surface area contributed by atoms with Gasteiger partial charge in [0.15, 0.2) is 9.84 Å². The molecule has 2 saturated carbocycles. The maximum atomic E-state index is 12.4. The minimum absolute atomic E-state index is 0.117. The van der Waals surface area contributed by atoms with E-state index < -0.39 is 14.6 Å². The van der Waals surface area contributed by atoms with Gasteiger partial charge in [0, 0.05) is 7.11 Å². The van der Waals surface area contributed by atoms with Crippen LogP contribution in [-0.2, 0) is 14.6 Å². The van der Waals surface area contributed by atoms with Gasteiger partial charge in [-0.3, -0.25) is 0 Å². The van der Waals surface area contributed by atoms with Crippen LogP contribution in [0.3, 0.4) is 0 Å². The Morgan fingerprint density at radius 3 is 2.06 bits per heavy atom. The average Bonchev–Trinajstić information content (AvgIpc) is 2.89. The molecule has 0 N–H and O–H groups in total. The van der Waals surface area contributed by atoms with Crippen molar-refractivity contribution in [3.05, 3.63) is 0 Å². The zero-order valence-electron chi connectivity index (χ0n) is 10.4. The Kier molecular flexibility index (Phi) is 3.08. The second kappa shape index (κ2) is 3.98. The first kappa shape index (κ1) is 12.4. The smallest absolute Gasteiger partial charge is 0.158 e. The number of sulfone groups is 1. The minimum Gasteiger partial charge on any atom is -0.381 e. The summed E-state index contributed by atoms with van der Waals surface area (Å²) in [7, 11) is -1.21. The molecule has 0 aliphatic heterocycles. The molecule has 0 bridgehead atoms. The summed E-state index contributed by atoms with van der Waals surface area (Å²) in [6.07, 6.45) is 4.47. The number of hydrogen-bond donors (Lipinski definition) is 0. The van der Waals surface area contributed by atoms with Gasteiger partial charge in [0.25, 0.3) is 0 Å². The molecule has 2 aliphatic rings. The molecule has 0 radical (unpaired) electrons. The monoisotopic (exact) mass is 246 g/mol. The summed E-state index contributed by atoms with van der Waals surface area (Å²) < 4.78 is 29.7. The van der Waals surface area contributed by atoms with Crippen LogP contribution in [0, 0.1) is 5.92 Å². The van der Waals surface area contributed by atoms with E-state index in [9.17, 15) is 8.42 Å². The van der Waals surface area contributed by atoms with Gasteiger partial charge in [0.2, 0.25) is 0 Å². The van der Waals surface area contributed by atoms with E-state index in [1.165, 1.54) is 0 Å². The van der Waals surface area contributed by atoms with E-state index in [0.717, 1.165) is 32.1 Å². The molecule has 0 spiro atoms. The fourth-order valence-corrected chi connectivity index (χ4v) is 5.60. The molecular formula is C12H22O3S. The SMILES string of the molecule is COC1CCC(S(=O)(=O)C2(C)C[C@@H]2C)CC1. The van der Waals surface area contributed by atoms with Gasteiger partial charge in [0.05, 0.1) is 16.1 Å². The van der Waals surface area contributed by atoms with Crippen LogP contribution in [0.4, 0.5) is 0 Å². The first-order valence-corrected chi connectivity index (χ1v) is 7.72. The quantitative estimate of drug-likeness (QED) is 0.766. The molecule has 2 fully saturated rings. The molecule has 0 saturated heterocycles. The third kappa shape index (κ3) is 1.80. The molecule has 3 nitrogen and oxygen atoms in total. The normalized spacial score (nSPS) is 44.3. The molecule has 0 heterocycles. The maximum absolute atomic E-state index is 12.4. The van der Waals surface area contributed by atoms with E-state index in [1.54, 1.807) is 7.11 Å². The second-order valence-electron chi connectivity index (χ2n) is 5.60. The summed E-state index contributed by atoms with van der Waals surface area (Å²) >= 11 is 0. The van der Waals surface area contributed by atoms with E-state index in [2.05, 4.69) is 0 Å². The summed E-state index contributed by atoms with van der Waals surface area (Å²) in [5.41, 5.74) is 0. The second-order valence-corrected chi connectivity index (χ2v) is 8.29. The Balaban J connectivity index is 2.04. The number of methoxy groups -OCH3 is 1. The fraction of sp³-hybridized carbons (Fsp3) is 1.00. The molecule has 4 heteroatoms. The highest BCUT2D eigenvalue weighted by Gasteiger charge is 2.59. The van der Waals surface area contributed by atoms with Crippen LogP contribution < -0.4 is 0 Å². The highest BCUT2D eigenvalue weighted by molar-refractivity contribution is 7.93. The molecule has 0 amide bonds. The van der Waals surface area contributed by atoms with Crippen LogP contribution in [0.2, 0.25) is 0 Å². The van der Waals surface area contributed by atoms with Gasteiger partial charge in [-0.1, -0.05) is 6.92 Å². The third-order valence-electron chi connectivity index (χ3n) is 4.64. The van der Waals surface area contributed by atoms with Crippen molar-refractivity contribution in [2.75, 3.05) is 7.11 Å². The minimum atomic E-state index is -2.92. The Bertz CT molecular complexity index is 354. The fourth-order valence-electron chi connectivity index (χ4n) is 2.90. The summed E-state index contributed by atoms with van der Waals surface area (Å²) in [4.78, 5) is 0. The van der Waals surface area contributed by atoms with Gasteiger partial charge < -0.3 is 4.74 Å². The lowest BCUT2D eigenvalue weighted by molar-refractivity contribution is 0.0716. The van der Waals surface area contributed by atoms with Crippen molar-refractivity contribution in [1.29, 1.82) is 0 Å². The van der Waals surface area contributed by atoms with Crippen molar-refractivity contribution in [3.63, 3.8) is 0 Å². The van der Waals surface area contributed by atoms with E-state index >= 15 is 0 Å². The van der Waals surface area contributed by atoms with Crippen molar-refractivity contribution in [1.82, 2.24) is 0 Å². The Morgan fingerprint density at radius 1 is 1.19 bits per heavy atom. The van der Waals surface area contributed by atoms with Crippen molar-refractivity contribution in [2.24, 2.45) is 5.92 Å². The highest BCUT2D eigenvalue weighted by atomic mass is 32.2. The molecule has 0 aromatic rings. The number of rotatable bonds is 3. The topological polar surface area (TPSA) is 43.4 Å². The summed E-state index contributed by atoms with van der Waals surface area (Å²) in [6, 6.07) is 0. The van der Waals surface area contributed by atoms with Gasteiger partial charge in [-0.25, -0.2) is 8.42 Å². The van der Waals surface area contributed by atoms with Crippen LogP contribution in [0.25, 0.3) is 0 Å². The average molecular weight is 246 g/mol. The van der Waals surface area contributed by atoms with Crippen LogP contribution in [-0.4, -0.2) is 31.6 Å². The van der Waals surface area contributed by atoms with E-state index in [0.29, 0.717) is 5.92 Å².